The molecular formula is C16H20N2. The highest BCUT2D eigenvalue weighted by molar-refractivity contribution is 5.86. The van der Waals surface area contributed by atoms with Crippen LogP contribution in [0.25, 0.3) is 10.9 Å². The Hall–Kier alpha value is -1.28. The number of hydrogen-bond acceptors (Lipinski definition) is 1. The predicted molar refractivity (Wildman–Crippen MR) is 75.0 cm³/mol. The Morgan fingerprint density at radius 1 is 1.22 bits per heavy atom. The van der Waals surface area contributed by atoms with Gasteiger partial charge in [0, 0.05) is 41.6 Å². The molecule has 2 unspecified atom stereocenters. The van der Waals surface area contributed by atoms with Crippen LogP contribution in [0.5, 0.6) is 0 Å². The van der Waals surface area contributed by atoms with Crippen molar-refractivity contribution in [2.45, 2.75) is 38.8 Å². The van der Waals surface area contributed by atoms with Crippen LogP contribution in [-0.4, -0.2) is 22.6 Å². The normalized spacial score (nSPS) is 25.9. The molecule has 1 saturated heterocycles. The van der Waals surface area contributed by atoms with Gasteiger partial charge in [0.1, 0.15) is 0 Å². The lowest BCUT2D eigenvalue weighted by Gasteiger charge is -2.26. The minimum Gasteiger partial charge on any atom is -0.341 e. The maximum Gasteiger partial charge on any atom is 0.0488 e. The average Bonchev–Trinajstić information content (AvgIpc) is 2.88. The van der Waals surface area contributed by atoms with E-state index >= 15 is 0 Å². The van der Waals surface area contributed by atoms with Gasteiger partial charge in [0.15, 0.2) is 0 Å². The van der Waals surface area contributed by atoms with Crippen molar-refractivity contribution in [3.8, 4) is 0 Å². The molecule has 2 aromatic rings. The van der Waals surface area contributed by atoms with E-state index in [1.807, 2.05) is 0 Å². The maximum atomic E-state index is 2.62. The quantitative estimate of drug-likeness (QED) is 0.740. The van der Waals surface area contributed by atoms with Crippen molar-refractivity contribution in [3.63, 3.8) is 0 Å². The molecule has 0 aliphatic carbocycles. The number of nitrogens with zero attached hydrogens (tertiary/aromatic N) is 2. The van der Waals surface area contributed by atoms with Crippen molar-refractivity contribution in [2.75, 3.05) is 13.1 Å². The molecule has 1 fully saturated rings. The predicted octanol–water partition coefficient (Wildman–Crippen LogP) is 3.53. The lowest BCUT2D eigenvalue weighted by Crippen LogP contribution is -2.26. The molecule has 2 bridgehead atoms. The number of hydrogen-bond donors (Lipinski definition) is 0. The van der Waals surface area contributed by atoms with E-state index < -0.39 is 0 Å². The first-order chi connectivity index (χ1) is 8.75. The van der Waals surface area contributed by atoms with Gasteiger partial charge in [0.05, 0.1) is 0 Å². The lowest BCUT2D eigenvalue weighted by atomic mass is 9.93. The van der Waals surface area contributed by atoms with Crippen LogP contribution in [0.3, 0.4) is 0 Å². The van der Waals surface area contributed by atoms with E-state index in [1.165, 1.54) is 30.4 Å². The maximum absolute atomic E-state index is 2.62. The van der Waals surface area contributed by atoms with E-state index in [0.29, 0.717) is 6.04 Å². The zero-order valence-corrected chi connectivity index (χ0v) is 11.2. The van der Waals surface area contributed by atoms with Crippen LogP contribution in [0, 0.1) is 0 Å². The highest BCUT2D eigenvalue weighted by atomic mass is 15.2. The number of fused-ring (bicyclic) bond motifs is 6. The summed E-state index contributed by atoms with van der Waals surface area (Å²) in [5.74, 6) is 0.777. The van der Waals surface area contributed by atoms with Crippen molar-refractivity contribution in [2.24, 2.45) is 0 Å². The molecular weight excluding hydrogens is 220 g/mol. The summed E-state index contributed by atoms with van der Waals surface area (Å²) in [4.78, 5) is 2.62. The van der Waals surface area contributed by atoms with E-state index in [9.17, 15) is 0 Å². The molecule has 2 heteroatoms. The van der Waals surface area contributed by atoms with Gasteiger partial charge in [-0.1, -0.05) is 18.2 Å². The number of aromatic nitrogens is 1. The highest BCUT2D eigenvalue weighted by Crippen LogP contribution is 2.42. The van der Waals surface area contributed by atoms with Gasteiger partial charge in [0.25, 0.3) is 0 Å². The van der Waals surface area contributed by atoms with Crippen molar-refractivity contribution >= 4 is 10.9 Å². The molecule has 94 valence electrons. The molecule has 0 amide bonds. The molecule has 0 radical (unpaired) electrons. The third-order valence-electron chi connectivity index (χ3n) is 4.63. The third kappa shape index (κ3) is 1.27. The summed E-state index contributed by atoms with van der Waals surface area (Å²) < 4.78 is 2.56. The second-order valence-corrected chi connectivity index (χ2v) is 6.06. The van der Waals surface area contributed by atoms with Crippen molar-refractivity contribution in [1.29, 1.82) is 0 Å². The zero-order valence-electron chi connectivity index (χ0n) is 11.2. The first-order valence-electron chi connectivity index (χ1n) is 7.09. The van der Waals surface area contributed by atoms with E-state index in [0.717, 1.165) is 12.5 Å². The molecule has 0 spiro atoms. The van der Waals surface area contributed by atoms with Gasteiger partial charge < -0.3 is 4.57 Å². The Labute approximate surface area is 108 Å². The van der Waals surface area contributed by atoms with Crippen LogP contribution >= 0.6 is 0 Å². The summed E-state index contributed by atoms with van der Waals surface area (Å²) >= 11 is 0. The van der Waals surface area contributed by atoms with E-state index in [4.69, 9.17) is 0 Å². The summed E-state index contributed by atoms with van der Waals surface area (Å²) in [5.41, 5.74) is 4.68. The first kappa shape index (κ1) is 10.6. The first-order valence-corrected chi connectivity index (χ1v) is 7.09. The Bertz CT molecular complexity index is 609. The number of rotatable bonds is 1. The molecule has 18 heavy (non-hydrogen) atoms. The summed E-state index contributed by atoms with van der Waals surface area (Å²) in [6.07, 6.45) is 1.35. The van der Waals surface area contributed by atoms with Crippen LogP contribution in [0.15, 0.2) is 24.3 Å². The Kier molecular flexibility index (Phi) is 2.13. The molecule has 0 N–H and O–H groups in total. The van der Waals surface area contributed by atoms with Gasteiger partial charge in [-0.05, 0) is 38.4 Å². The second-order valence-electron chi connectivity index (χ2n) is 6.06. The van der Waals surface area contributed by atoms with Gasteiger partial charge in [-0.15, -0.1) is 0 Å². The summed E-state index contributed by atoms with van der Waals surface area (Å²) in [7, 11) is 0. The van der Waals surface area contributed by atoms with Crippen LogP contribution < -0.4 is 0 Å². The molecule has 2 nitrogen and oxygen atoms in total. The zero-order chi connectivity index (χ0) is 12.3. The molecule has 2 aliphatic rings. The minimum atomic E-state index is 0.553. The van der Waals surface area contributed by atoms with E-state index in [1.54, 1.807) is 11.3 Å². The second kappa shape index (κ2) is 3.61. The Morgan fingerprint density at radius 3 is 2.89 bits per heavy atom. The molecule has 2 atom stereocenters. The van der Waals surface area contributed by atoms with Crippen LogP contribution in [-0.2, 0) is 6.54 Å². The van der Waals surface area contributed by atoms with Crippen molar-refractivity contribution in [1.82, 2.24) is 9.47 Å². The molecule has 0 saturated carbocycles. The fraction of sp³-hybridized carbons (Fsp3) is 0.500. The molecule has 4 rings (SSSR count). The van der Waals surface area contributed by atoms with Gasteiger partial charge in [-0.3, -0.25) is 4.90 Å². The fourth-order valence-corrected chi connectivity index (χ4v) is 3.97. The largest absolute Gasteiger partial charge is 0.341 e. The molecule has 1 aromatic heterocycles. The molecule has 2 aliphatic heterocycles. The summed E-state index contributed by atoms with van der Waals surface area (Å²) in [6, 6.07) is 9.52. The van der Waals surface area contributed by atoms with E-state index in [2.05, 4.69) is 47.6 Å². The Balaban J connectivity index is 2.08. The van der Waals surface area contributed by atoms with Crippen LogP contribution in [0.2, 0.25) is 0 Å². The third-order valence-corrected chi connectivity index (χ3v) is 4.63. The van der Waals surface area contributed by atoms with Crippen molar-refractivity contribution < 1.29 is 0 Å². The van der Waals surface area contributed by atoms with Gasteiger partial charge in [0.2, 0.25) is 0 Å². The molecule has 3 heterocycles. The smallest absolute Gasteiger partial charge is 0.0488 e. The standard InChI is InChI=1S/C16H20N2/c1-11(2)18-14-6-4-3-5-13(14)16-12-7-8-17(9-12)10-15(16)18/h3-6,11-12H,7-10H2,1-2H3. The topological polar surface area (TPSA) is 8.17 Å². The Morgan fingerprint density at radius 2 is 2.06 bits per heavy atom. The summed E-state index contributed by atoms with van der Waals surface area (Å²) in [6.45, 7) is 8.32. The minimum absolute atomic E-state index is 0.553. The monoisotopic (exact) mass is 240 g/mol. The lowest BCUT2D eigenvalue weighted by molar-refractivity contribution is 0.301. The van der Waals surface area contributed by atoms with Gasteiger partial charge in [-0.2, -0.15) is 0 Å². The summed E-state index contributed by atoms with van der Waals surface area (Å²) in [5, 5.41) is 1.51. The van der Waals surface area contributed by atoms with Crippen molar-refractivity contribution in [3.05, 3.63) is 35.5 Å². The number of benzene rings is 1. The van der Waals surface area contributed by atoms with Crippen LogP contribution in [0.1, 0.15) is 43.5 Å². The van der Waals surface area contributed by atoms with Gasteiger partial charge in [-0.25, -0.2) is 0 Å². The molecule has 1 aromatic carbocycles. The van der Waals surface area contributed by atoms with Gasteiger partial charge >= 0.3 is 0 Å². The average molecular weight is 240 g/mol. The van der Waals surface area contributed by atoms with Crippen LogP contribution in [0.4, 0.5) is 0 Å². The SMILES string of the molecule is CC(C)n1c2c(c3ccccc31)C1CCN(C2)C1. The highest BCUT2D eigenvalue weighted by Gasteiger charge is 2.35. The fourth-order valence-electron chi connectivity index (χ4n) is 3.97. The number of para-hydroxylation sites is 1. The van der Waals surface area contributed by atoms with E-state index in [-0.39, 0.29) is 0 Å².